The Labute approximate surface area is 289 Å². The van der Waals surface area contributed by atoms with Crippen molar-refractivity contribution in [3.63, 3.8) is 0 Å². The van der Waals surface area contributed by atoms with E-state index in [1.165, 1.54) is 13.8 Å². The number of aliphatic hydroxyl groups is 1. The summed E-state index contributed by atoms with van der Waals surface area (Å²) in [6.07, 6.45) is -2.24. The quantitative estimate of drug-likeness (QED) is 0.393. The Balaban J connectivity index is 1.50. The van der Waals surface area contributed by atoms with E-state index in [-0.39, 0.29) is 24.7 Å². The fourth-order valence-corrected chi connectivity index (χ4v) is 5.56. The third-order valence-corrected chi connectivity index (χ3v) is 8.29. The Kier molecular flexibility index (Phi) is 16.9. The van der Waals surface area contributed by atoms with Gasteiger partial charge in [0.2, 0.25) is 0 Å². The van der Waals surface area contributed by atoms with Gasteiger partial charge in [0, 0.05) is 43.7 Å². The largest absolute Gasteiger partial charge is 0.453 e. The molecule has 0 aromatic heterocycles. The molecule has 272 valence electrons. The zero-order valence-corrected chi connectivity index (χ0v) is 28.9. The highest BCUT2D eigenvalue weighted by Gasteiger charge is 2.39. The standard InChI is InChI=1S/C36H52N2O11/c1-26-33(24-38-11-13-42-15-17-44-19-21-46-22-20-45-18-16-43-14-12-38)48-36(49-34(26)30-9-7-29(25-39)8-10-30)31-5-4-6-32(23-31)37-35(41)27(2)47-28(3)40/h4-10,23,26-27,33-34,36,39H,11-22,24-25H2,1-3H3,(H,37,41)/t26-,27-,33+,34+,36?/m0/s1. The molecule has 2 fully saturated rings. The van der Waals surface area contributed by atoms with Gasteiger partial charge in [-0.15, -0.1) is 0 Å². The molecule has 1 amide bonds. The van der Waals surface area contributed by atoms with Crippen molar-refractivity contribution in [2.45, 2.75) is 52.0 Å². The Bertz CT molecular complexity index is 1250. The minimum atomic E-state index is -0.945. The number of esters is 1. The van der Waals surface area contributed by atoms with Gasteiger partial charge in [-0.25, -0.2) is 0 Å². The van der Waals surface area contributed by atoms with Crippen LogP contribution in [0.3, 0.4) is 0 Å². The van der Waals surface area contributed by atoms with Crippen molar-refractivity contribution in [3.8, 4) is 0 Å². The summed E-state index contributed by atoms with van der Waals surface area (Å²) in [7, 11) is 0. The van der Waals surface area contributed by atoms with Crippen LogP contribution in [-0.4, -0.2) is 120 Å². The van der Waals surface area contributed by atoms with Gasteiger partial charge in [0.1, 0.15) is 0 Å². The third-order valence-electron chi connectivity index (χ3n) is 8.29. The average molecular weight is 689 g/mol. The number of anilines is 1. The van der Waals surface area contributed by atoms with Crippen molar-refractivity contribution in [1.29, 1.82) is 0 Å². The second kappa shape index (κ2) is 21.3. The summed E-state index contributed by atoms with van der Waals surface area (Å²) < 4.78 is 46.8. The predicted molar refractivity (Wildman–Crippen MR) is 180 cm³/mol. The Morgan fingerprint density at radius 1 is 0.837 bits per heavy atom. The average Bonchev–Trinajstić information content (AvgIpc) is 3.09. The van der Waals surface area contributed by atoms with Crippen molar-refractivity contribution < 1.29 is 52.6 Å². The normalized spacial score (nSPS) is 25.0. The van der Waals surface area contributed by atoms with Crippen LogP contribution in [0.2, 0.25) is 0 Å². The molecule has 5 atom stereocenters. The first-order valence-electron chi connectivity index (χ1n) is 17.0. The van der Waals surface area contributed by atoms with E-state index in [4.69, 9.17) is 37.9 Å². The third kappa shape index (κ3) is 13.3. The van der Waals surface area contributed by atoms with E-state index in [0.29, 0.717) is 91.4 Å². The van der Waals surface area contributed by atoms with Gasteiger partial charge in [0.15, 0.2) is 12.4 Å². The molecule has 2 aliphatic heterocycles. The van der Waals surface area contributed by atoms with E-state index in [1.807, 2.05) is 36.4 Å². The van der Waals surface area contributed by atoms with Crippen molar-refractivity contribution in [3.05, 3.63) is 65.2 Å². The predicted octanol–water partition coefficient (Wildman–Crippen LogP) is 3.26. The first kappa shape index (κ1) is 38.8. The first-order valence-corrected chi connectivity index (χ1v) is 17.0. The molecule has 2 aliphatic rings. The lowest BCUT2D eigenvalue weighted by atomic mass is 9.90. The Hall–Kier alpha value is -2.98. The number of hydrogen-bond acceptors (Lipinski definition) is 12. The Morgan fingerprint density at radius 3 is 1.96 bits per heavy atom. The van der Waals surface area contributed by atoms with Crippen LogP contribution in [0.15, 0.2) is 48.5 Å². The number of amides is 1. The molecule has 1 unspecified atom stereocenters. The number of carbonyl (C=O) groups is 2. The first-order chi connectivity index (χ1) is 23.8. The van der Waals surface area contributed by atoms with Gasteiger partial charge in [-0.3, -0.25) is 14.5 Å². The van der Waals surface area contributed by atoms with Gasteiger partial charge >= 0.3 is 5.97 Å². The van der Waals surface area contributed by atoms with Gasteiger partial charge in [0.25, 0.3) is 5.91 Å². The summed E-state index contributed by atoms with van der Waals surface area (Å²) in [6.45, 7) is 11.8. The van der Waals surface area contributed by atoms with Gasteiger partial charge in [-0.05, 0) is 30.2 Å². The minimum absolute atomic E-state index is 0.0393. The Morgan fingerprint density at radius 2 is 1.41 bits per heavy atom. The zero-order chi connectivity index (χ0) is 34.8. The summed E-state index contributed by atoms with van der Waals surface area (Å²) in [5.41, 5.74) is 3.04. The fraction of sp³-hybridized carbons (Fsp3) is 0.611. The van der Waals surface area contributed by atoms with Gasteiger partial charge in [-0.1, -0.05) is 43.3 Å². The smallest absolute Gasteiger partial charge is 0.303 e. The van der Waals surface area contributed by atoms with E-state index in [1.54, 1.807) is 12.1 Å². The number of ether oxygens (including phenoxy) is 8. The van der Waals surface area contributed by atoms with Gasteiger partial charge in [0.05, 0.1) is 84.9 Å². The molecule has 2 saturated heterocycles. The molecule has 4 rings (SSSR count). The topological polar surface area (TPSA) is 143 Å². The van der Waals surface area contributed by atoms with Crippen molar-refractivity contribution in [2.75, 3.05) is 91.0 Å². The van der Waals surface area contributed by atoms with Crippen LogP contribution in [0.1, 0.15) is 49.9 Å². The molecule has 2 heterocycles. The van der Waals surface area contributed by atoms with Gasteiger partial charge < -0.3 is 48.3 Å². The van der Waals surface area contributed by atoms with E-state index in [2.05, 4.69) is 17.1 Å². The van der Waals surface area contributed by atoms with Crippen LogP contribution in [0.4, 0.5) is 5.69 Å². The highest BCUT2D eigenvalue weighted by atomic mass is 16.7. The summed E-state index contributed by atoms with van der Waals surface area (Å²) in [4.78, 5) is 26.3. The SMILES string of the molecule is CC(=O)O[C@@H](C)C(=O)Nc1cccc(C2O[C@H](CN3CCOCCOCCOCCOCCOCC3)[C@H](C)[C@H](c3ccc(CO)cc3)O2)c1. The monoisotopic (exact) mass is 688 g/mol. The molecular weight excluding hydrogens is 636 g/mol. The van der Waals surface area contributed by atoms with E-state index in [9.17, 15) is 14.7 Å². The van der Waals surface area contributed by atoms with Crippen LogP contribution in [-0.2, 0) is 54.1 Å². The number of rotatable bonds is 8. The molecule has 2 aromatic carbocycles. The highest BCUT2D eigenvalue weighted by Crippen LogP contribution is 2.42. The molecule has 2 aromatic rings. The lowest BCUT2D eigenvalue weighted by molar-refractivity contribution is -0.276. The van der Waals surface area contributed by atoms with E-state index >= 15 is 0 Å². The molecule has 0 bridgehead atoms. The van der Waals surface area contributed by atoms with E-state index < -0.39 is 24.3 Å². The summed E-state index contributed by atoms with van der Waals surface area (Å²) >= 11 is 0. The lowest BCUT2D eigenvalue weighted by Crippen LogP contribution is -2.46. The molecule has 0 aliphatic carbocycles. The summed E-state index contributed by atoms with van der Waals surface area (Å²) in [5.74, 6) is -1.01. The maximum atomic E-state index is 12.7. The molecule has 2 N–H and O–H groups in total. The summed E-state index contributed by atoms with van der Waals surface area (Å²) in [6, 6.07) is 15.0. The maximum Gasteiger partial charge on any atom is 0.303 e. The minimum Gasteiger partial charge on any atom is -0.453 e. The number of aliphatic hydroxyl groups excluding tert-OH is 1. The number of benzene rings is 2. The van der Waals surface area contributed by atoms with Crippen molar-refractivity contribution in [1.82, 2.24) is 4.90 Å². The fourth-order valence-electron chi connectivity index (χ4n) is 5.56. The molecule has 13 nitrogen and oxygen atoms in total. The second-order valence-electron chi connectivity index (χ2n) is 12.1. The summed E-state index contributed by atoms with van der Waals surface area (Å²) in [5, 5.41) is 12.4. The van der Waals surface area contributed by atoms with Crippen molar-refractivity contribution >= 4 is 17.6 Å². The van der Waals surface area contributed by atoms with Crippen LogP contribution >= 0.6 is 0 Å². The zero-order valence-electron chi connectivity index (χ0n) is 28.9. The van der Waals surface area contributed by atoms with Crippen LogP contribution < -0.4 is 5.32 Å². The number of nitrogens with one attached hydrogen (secondary N) is 1. The molecule has 0 saturated carbocycles. The number of hydrogen-bond donors (Lipinski definition) is 2. The van der Waals surface area contributed by atoms with Crippen LogP contribution in [0.25, 0.3) is 0 Å². The highest BCUT2D eigenvalue weighted by molar-refractivity contribution is 5.95. The molecular formula is C36H52N2O11. The molecule has 13 heteroatoms. The second-order valence-corrected chi connectivity index (χ2v) is 12.1. The number of nitrogens with zero attached hydrogens (tertiary/aromatic N) is 1. The molecule has 0 radical (unpaired) electrons. The maximum absolute atomic E-state index is 12.7. The van der Waals surface area contributed by atoms with E-state index in [0.717, 1.165) is 16.7 Å². The van der Waals surface area contributed by atoms with Crippen molar-refractivity contribution in [2.24, 2.45) is 5.92 Å². The lowest BCUT2D eigenvalue weighted by Gasteiger charge is -2.43. The van der Waals surface area contributed by atoms with Crippen LogP contribution in [0, 0.1) is 5.92 Å². The number of carbonyl (C=O) groups excluding carboxylic acids is 2. The van der Waals surface area contributed by atoms with Crippen LogP contribution in [0.5, 0.6) is 0 Å². The van der Waals surface area contributed by atoms with Gasteiger partial charge in [-0.2, -0.15) is 0 Å². The molecule has 49 heavy (non-hydrogen) atoms. The molecule has 0 spiro atoms.